The predicted octanol–water partition coefficient (Wildman–Crippen LogP) is -0.0447. The molecule has 2 heterocycles. The molecule has 2 aromatic rings. The number of aromatic nitrogens is 3. The number of hydrogen-bond acceptors (Lipinski definition) is 6. The van der Waals surface area contributed by atoms with E-state index in [1.165, 1.54) is 0 Å². The van der Waals surface area contributed by atoms with Gasteiger partial charge in [-0.2, -0.15) is 4.98 Å². The largest absolute Gasteiger partial charge is 0.474 e. The van der Waals surface area contributed by atoms with Crippen molar-refractivity contribution in [2.24, 2.45) is 5.84 Å². The fourth-order valence-electron chi connectivity index (χ4n) is 1.39. The molecule has 0 spiro atoms. The van der Waals surface area contributed by atoms with E-state index in [2.05, 4.69) is 15.4 Å². The van der Waals surface area contributed by atoms with Crippen LogP contribution in [-0.2, 0) is 0 Å². The van der Waals surface area contributed by atoms with Crippen LogP contribution in [0.5, 0.6) is 5.88 Å². The van der Waals surface area contributed by atoms with Gasteiger partial charge in [-0.1, -0.05) is 0 Å². The Kier molecular flexibility index (Phi) is 3.40. The van der Waals surface area contributed by atoms with E-state index >= 15 is 0 Å². The van der Waals surface area contributed by atoms with E-state index in [-0.39, 0.29) is 0 Å². The zero-order valence-electron chi connectivity index (χ0n) is 9.92. The number of nitrogens with zero attached hydrogens (tertiary/aromatic N) is 4. The molecule has 2 rings (SSSR count). The molecule has 0 unspecified atom stereocenters. The van der Waals surface area contributed by atoms with Crippen molar-refractivity contribution in [1.82, 2.24) is 19.3 Å². The highest BCUT2D eigenvalue weighted by atomic mass is 16.5. The van der Waals surface area contributed by atoms with Gasteiger partial charge in [0.25, 0.3) is 5.88 Å². The maximum Gasteiger partial charge on any atom is 0.260 e. The molecular formula is C10H16N6O. The van der Waals surface area contributed by atoms with Gasteiger partial charge in [-0.3, -0.25) is 4.40 Å². The topological polar surface area (TPSA) is 80.7 Å². The average Bonchev–Trinajstić information content (AvgIpc) is 2.76. The highest BCUT2D eigenvalue weighted by molar-refractivity contribution is 5.53. The number of imidazole rings is 1. The molecule has 0 aliphatic rings. The highest BCUT2D eigenvalue weighted by Crippen LogP contribution is 2.17. The zero-order chi connectivity index (χ0) is 12.3. The molecule has 0 atom stereocenters. The predicted molar refractivity (Wildman–Crippen MR) is 64.8 cm³/mol. The van der Waals surface area contributed by atoms with Crippen molar-refractivity contribution in [3.63, 3.8) is 0 Å². The van der Waals surface area contributed by atoms with Gasteiger partial charge < -0.3 is 15.1 Å². The van der Waals surface area contributed by atoms with Gasteiger partial charge in [0.1, 0.15) is 6.61 Å². The van der Waals surface area contributed by atoms with Gasteiger partial charge in [0.2, 0.25) is 5.65 Å². The van der Waals surface area contributed by atoms with Crippen molar-refractivity contribution in [2.75, 3.05) is 32.7 Å². The Hall–Kier alpha value is -1.86. The molecule has 0 radical (unpaired) electrons. The van der Waals surface area contributed by atoms with Gasteiger partial charge in [-0.05, 0) is 14.1 Å². The maximum absolute atomic E-state index is 5.60. The van der Waals surface area contributed by atoms with Crippen LogP contribution in [0.2, 0.25) is 0 Å². The molecule has 0 aliphatic heterocycles. The second-order valence-corrected chi connectivity index (χ2v) is 3.89. The van der Waals surface area contributed by atoms with Gasteiger partial charge in [0, 0.05) is 18.9 Å². The zero-order valence-corrected chi connectivity index (χ0v) is 9.92. The van der Waals surface area contributed by atoms with Crippen molar-refractivity contribution < 1.29 is 4.74 Å². The average molecular weight is 236 g/mol. The lowest BCUT2D eigenvalue weighted by Gasteiger charge is -2.11. The molecule has 3 N–H and O–H groups in total. The first-order chi connectivity index (χ1) is 8.20. The van der Waals surface area contributed by atoms with Gasteiger partial charge in [-0.25, -0.2) is 10.8 Å². The molecular weight excluding hydrogens is 220 g/mol. The number of nitrogens with two attached hydrogens (primary N) is 1. The third kappa shape index (κ3) is 2.63. The first-order valence-electron chi connectivity index (χ1n) is 5.28. The molecule has 0 fully saturated rings. The van der Waals surface area contributed by atoms with E-state index in [9.17, 15) is 0 Å². The second-order valence-electron chi connectivity index (χ2n) is 3.89. The number of nitrogens with one attached hydrogen (secondary N) is 1. The quantitative estimate of drug-likeness (QED) is 0.560. The Morgan fingerprint density at radius 1 is 1.53 bits per heavy atom. The lowest BCUT2D eigenvalue weighted by molar-refractivity contribution is 0.255. The Balaban J connectivity index is 2.21. The lowest BCUT2D eigenvalue weighted by Crippen LogP contribution is -2.20. The fraction of sp³-hybridized carbons (Fsp3) is 0.400. The van der Waals surface area contributed by atoms with Crippen LogP contribution >= 0.6 is 0 Å². The number of hydrogen-bond donors (Lipinski definition) is 2. The monoisotopic (exact) mass is 236 g/mol. The Morgan fingerprint density at radius 2 is 2.35 bits per heavy atom. The number of ether oxygens (including phenoxy) is 1. The van der Waals surface area contributed by atoms with Crippen molar-refractivity contribution in [1.29, 1.82) is 0 Å². The molecule has 17 heavy (non-hydrogen) atoms. The molecule has 7 heteroatoms. The minimum Gasteiger partial charge on any atom is -0.474 e. The summed E-state index contributed by atoms with van der Waals surface area (Å²) in [5.74, 6) is 6.36. The normalized spacial score (nSPS) is 11.1. The number of hydrazine groups is 1. The summed E-state index contributed by atoms with van der Waals surface area (Å²) in [7, 11) is 3.97. The van der Waals surface area contributed by atoms with E-state index in [1.54, 1.807) is 12.4 Å². The van der Waals surface area contributed by atoms with Gasteiger partial charge in [-0.15, -0.1) is 0 Å². The van der Waals surface area contributed by atoms with E-state index < -0.39 is 0 Å². The summed E-state index contributed by atoms with van der Waals surface area (Å²) >= 11 is 0. The van der Waals surface area contributed by atoms with Crippen LogP contribution < -0.4 is 16.0 Å². The smallest absolute Gasteiger partial charge is 0.260 e. The molecule has 0 saturated heterocycles. The molecule has 0 aromatic carbocycles. The molecule has 7 nitrogen and oxygen atoms in total. The molecule has 0 bridgehead atoms. The van der Waals surface area contributed by atoms with Crippen LogP contribution in [0.3, 0.4) is 0 Å². The van der Waals surface area contributed by atoms with E-state index in [4.69, 9.17) is 10.6 Å². The number of anilines is 1. The third-order valence-corrected chi connectivity index (χ3v) is 2.27. The van der Waals surface area contributed by atoms with Crippen molar-refractivity contribution in [3.05, 3.63) is 18.6 Å². The fourth-order valence-corrected chi connectivity index (χ4v) is 1.39. The Labute approximate surface area is 99.2 Å². The second kappa shape index (κ2) is 4.98. The van der Waals surface area contributed by atoms with E-state index in [0.717, 1.165) is 6.54 Å². The van der Waals surface area contributed by atoms with Crippen molar-refractivity contribution in [3.8, 4) is 5.88 Å². The van der Waals surface area contributed by atoms with Crippen molar-refractivity contribution >= 4 is 11.5 Å². The van der Waals surface area contributed by atoms with E-state index in [0.29, 0.717) is 24.0 Å². The van der Waals surface area contributed by atoms with Crippen LogP contribution in [0, 0.1) is 0 Å². The van der Waals surface area contributed by atoms with Crippen LogP contribution in [-0.4, -0.2) is 46.5 Å². The van der Waals surface area contributed by atoms with Crippen LogP contribution in [0.25, 0.3) is 5.65 Å². The summed E-state index contributed by atoms with van der Waals surface area (Å²) in [6, 6.07) is 0. The first-order valence-corrected chi connectivity index (χ1v) is 5.28. The number of rotatable bonds is 5. The molecule has 2 aromatic heterocycles. The third-order valence-electron chi connectivity index (χ3n) is 2.27. The number of nitrogen functional groups attached to an aromatic ring is 1. The van der Waals surface area contributed by atoms with Gasteiger partial charge in [0.05, 0.1) is 6.20 Å². The summed E-state index contributed by atoms with van der Waals surface area (Å²) in [5.41, 5.74) is 3.18. The summed E-state index contributed by atoms with van der Waals surface area (Å²) in [6.45, 7) is 1.37. The molecule has 0 saturated carbocycles. The van der Waals surface area contributed by atoms with Gasteiger partial charge in [0.15, 0.2) is 5.82 Å². The van der Waals surface area contributed by atoms with E-state index in [1.807, 2.05) is 29.6 Å². The number of likely N-dealkylation sites (N-methyl/N-ethyl adjacent to an activating group) is 1. The standard InChI is InChI=1S/C10H16N6O/c1-15(2)5-6-17-10-9-12-3-4-16(9)7-8(13-10)14-11/h3-4,7,14H,5-6,11H2,1-2H3. The number of fused-ring (bicyclic) bond motifs is 1. The summed E-state index contributed by atoms with van der Waals surface area (Å²) in [6.07, 6.45) is 5.26. The first kappa shape index (κ1) is 11.6. The van der Waals surface area contributed by atoms with Gasteiger partial charge >= 0.3 is 0 Å². The van der Waals surface area contributed by atoms with Crippen LogP contribution in [0.15, 0.2) is 18.6 Å². The van der Waals surface area contributed by atoms with Crippen molar-refractivity contribution in [2.45, 2.75) is 0 Å². The highest BCUT2D eigenvalue weighted by Gasteiger charge is 2.08. The Bertz CT molecular complexity index is 495. The lowest BCUT2D eigenvalue weighted by atomic mass is 10.6. The summed E-state index contributed by atoms with van der Waals surface area (Å²) < 4.78 is 7.41. The van der Waals surface area contributed by atoms with Crippen LogP contribution in [0.4, 0.5) is 5.82 Å². The Morgan fingerprint density at radius 3 is 3.06 bits per heavy atom. The minimum absolute atomic E-state index is 0.479. The molecule has 0 aliphatic carbocycles. The SMILES string of the molecule is CN(C)CCOc1nc(NN)cn2ccnc12. The summed E-state index contributed by atoms with van der Waals surface area (Å²) in [4.78, 5) is 10.4. The molecule has 0 amide bonds. The minimum atomic E-state index is 0.479. The maximum atomic E-state index is 5.60. The molecule has 92 valence electrons. The summed E-state index contributed by atoms with van der Waals surface area (Å²) in [5, 5.41) is 0. The van der Waals surface area contributed by atoms with Crippen LogP contribution in [0.1, 0.15) is 0 Å².